The lowest BCUT2D eigenvalue weighted by atomic mass is 9.95. The SMILES string of the molecule is CCC(C)N1CCCC(CNC(C)(C)C)C1. The second kappa shape index (κ2) is 6.02. The number of rotatable bonds is 4. The van der Waals surface area contributed by atoms with Crippen LogP contribution in [0, 0.1) is 5.92 Å². The van der Waals surface area contributed by atoms with Gasteiger partial charge in [0.05, 0.1) is 0 Å². The molecule has 1 saturated heterocycles. The maximum Gasteiger partial charge on any atom is 0.00966 e. The van der Waals surface area contributed by atoms with Crippen LogP contribution in [-0.2, 0) is 0 Å². The van der Waals surface area contributed by atoms with Crippen LogP contribution in [0.15, 0.2) is 0 Å². The molecule has 0 saturated carbocycles. The standard InChI is InChI=1S/C14H30N2/c1-6-12(2)16-9-7-8-13(11-16)10-15-14(3,4)5/h12-13,15H,6-11H2,1-5H3. The summed E-state index contributed by atoms with van der Waals surface area (Å²) in [6.07, 6.45) is 4.05. The van der Waals surface area contributed by atoms with Gasteiger partial charge in [0.2, 0.25) is 0 Å². The van der Waals surface area contributed by atoms with E-state index in [1.807, 2.05) is 0 Å². The van der Waals surface area contributed by atoms with Crippen LogP contribution in [0.3, 0.4) is 0 Å². The third-order valence-electron chi connectivity index (χ3n) is 3.69. The van der Waals surface area contributed by atoms with Crippen LogP contribution in [0.2, 0.25) is 0 Å². The zero-order chi connectivity index (χ0) is 12.2. The summed E-state index contributed by atoms with van der Waals surface area (Å²) in [6.45, 7) is 15.2. The highest BCUT2D eigenvalue weighted by Gasteiger charge is 2.23. The molecule has 1 fully saturated rings. The van der Waals surface area contributed by atoms with Gasteiger partial charge in [-0.3, -0.25) is 0 Å². The van der Waals surface area contributed by atoms with Crippen LogP contribution in [0.25, 0.3) is 0 Å². The highest BCUT2D eigenvalue weighted by molar-refractivity contribution is 4.80. The molecule has 0 radical (unpaired) electrons. The first-order valence-corrected chi connectivity index (χ1v) is 6.91. The summed E-state index contributed by atoms with van der Waals surface area (Å²) in [4.78, 5) is 2.67. The highest BCUT2D eigenvalue weighted by Crippen LogP contribution is 2.19. The van der Waals surface area contributed by atoms with Gasteiger partial charge in [-0.15, -0.1) is 0 Å². The van der Waals surface area contributed by atoms with E-state index in [-0.39, 0.29) is 5.54 Å². The molecule has 1 aliphatic rings. The predicted octanol–water partition coefficient (Wildman–Crippen LogP) is 2.89. The Bertz CT molecular complexity index is 195. The molecule has 2 unspecified atom stereocenters. The molecule has 0 aromatic rings. The van der Waals surface area contributed by atoms with Crippen molar-refractivity contribution in [3.8, 4) is 0 Å². The van der Waals surface area contributed by atoms with Crippen molar-refractivity contribution in [3.05, 3.63) is 0 Å². The van der Waals surface area contributed by atoms with Crippen molar-refractivity contribution in [3.63, 3.8) is 0 Å². The van der Waals surface area contributed by atoms with E-state index in [2.05, 4.69) is 44.8 Å². The van der Waals surface area contributed by atoms with Crippen molar-refractivity contribution in [1.29, 1.82) is 0 Å². The van der Waals surface area contributed by atoms with Gasteiger partial charge in [-0.25, -0.2) is 0 Å². The molecular weight excluding hydrogens is 196 g/mol. The molecule has 1 rings (SSSR count). The molecule has 0 aromatic carbocycles. The number of hydrogen-bond acceptors (Lipinski definition) is 2. The molecule has 1 aliphatic heterocycles. The quantitative estimate of drug-likeness (QED) is 0.793. The summed E-state index contributed by atoms with van der Waals surface area (Å²) in [5.74, 6) is 0.849. The van der Waals surface area contributed by atoms with Gasteiger partial charge in [0.15, 0.2) is 0 Å². The van der Waals surface area contributed by atoms with Crippen molar-refractivity contribution in [2.45, 2.75) is 65.5 Å². The van der Waals surface area contributed by atoms with Crippen molar-refractivity contribution >= 4 is 0 Å². The molecule has 0 aliphatic carbocycles. The molecule has 2 nitrogen and oxygen atoms in total. The minimum absolute atomic E-state index is 0.263. The molecule has 16 heavy (non-hydrogen) atoms. The second-order valence-corrected chi connectivity index (χ2v) is 6.39. The molecule has 96 valence electrons. The monoisotopic (exact) mass is 226 g/mol. The molecule has 1 N–H and O–H groups in total. The molecule has 1 heterocycles. The fourth-order valence-corrected chi connectivity index (χ4v) is 2.37. The number of piperidine rings is 1. The second-order valence-electron chi connectivity index (χ2n) is 6.39. The first-order valence-electron chi connectivity index (χ1n) is 6.91. The number of nitrogens with zero attached hydrogens (tertiary/aromatic N) is 1. The first-order chi connectivity index (χ1) is 7.42. The van der Waals surface area contributed by atoms with E-state index in [4.69, 9.17) is 0 Å². The average molecular weight is 226 g/mol. The van der Waals surface area contributed by atoms with Crippen molar-refractivity contribution in [2.24, 2.45) is 5.92 Å². The Balaban J connectivity index is 2.33. The Morgan fingerprint density at radius 3 is 2.62 bits per heavy atom. The van der Waals surface area contributed by atoms with E-state index in [0.717, 1.165) is 12.0 Å². The van der Waals surface area contributed by atoms with E-state index in [1.54, 1.807) is 0 Å². The maximum absolute atomic E-state index is 3.64. The molecule has 0 aromatic heterocycles. The van der Waals surface area contributed by atoms with Crippen LogP contribution in [0.4, 0.5) is 0 Å². The summed E-state index contributed by atoms with van der Waals surface area (Å²) < 4.78 is 0. The number of nitrogens with one attached hydrogen (secondary N) is 1. The van der Waals surface area contributed by atoms with Gasteiger partial charge in [0.25, 0.3) is 0 Å². The first kappa shape index (κ1) is 14.0. The van der Waals surface area contributed by atoms with Crippen molar-refractivity contribution < 1.29 is 0 Å². The van der Waals surface area contributed by atoms with E-state index >= 15 is 0 Å². The topological polar surface area (TPSA) is 15.3 Å². The zero-order valence-electron chi connectivity index (χ0n) is 11.8. The fraction of sp³-hybridized carbons (Fsp3) is 1.00. The molecule has 2 atom stereocenters. The molecule has 0 bridgehead atoms. The summed E-state index contributed by atoms with van der Waals surface area (Å²) >= 11 is 0. The number of hydrogen-bond donors (Lipinski definition) is 1. The summed E-state index contributed by atoms with van der Waals surface area (Å²) in [5.41, 5.74) is 0.263. The molecule has 0 amide bonds. The minimum atomic E-state index is 0.263. The Morgan fingerprint density at radius 2 is 2.06 bits per heavy atom. The third-order valence-corrected chi connectivity index (χ3v) is 3.69. The van der Waals surface area contributed by atoms with Gasteiger partial charge in [-0.1, -0.05) is 6.92 Å². The van der Waals surface area contributed by atoms with Crippen LogP contribution in [-0.4, -0.2) is 36.1 Å². The molecule has 0 spiro atoms. The Kier molecular flexibility index (Phi) is 5.26. The lowest BCUT2D eigenvalue weighted by Gasteiger charge is -2.37. The zero-order valence-corrected chi connectivity index (χ0v) is 11.8. The Hall–Kier alpha value is -0.0800. The Labute approximate surface area is 102 Å². The Morgan fingerprint density at radius 1 is 1.38 bits per heavy atom. The van der Waals surface area contributed by atoms with Gasteiger partial charge in [-0.2, -0.15) is 0 Å². The van der Waals surface area contributed by atoms with Crippen molar-refractivity contribution in [2.75, 3.05) is 19.6 Å². The lowest BCUT2D eigenvalue weighted by molar-refractivity contribution is 0.124. The van der Waals surface area contributed by atoms with Crippen molar-refractivity contribution in [1.82, 2.24) is 10.2 Å². The smallest absolute Gasteiger partial charge is 0.00966 e. The van der Waals surface area contributed by atoms with Crippen LogP contribution >= 0.6 is 0 Å². The largest absolute Gasteiger partial charge is 0.312 e. The highest BCUT2D eigenvalue weighted by atomic mass is 15.2. The van der Waals surface area contributed by atoms with Gasteiger partial charge in [-0.05, 0) is 66.0 Å². The van der Waals surface area contributed by atoms with Crippen LogP contribution in [0.1, 0.15) is 53.9 Å². The summed E-state index contributed by atoms with van der Waals surface area (Å²) in [6, 6.07) is 0.762. The van der Waals surface area contributed by atoms with E-state index in [1.165, 1.54) is 38.9 Å². The normalized spacial score (nSPS) is 25.7. The fourth-order valence-electron chi connectivity index (χ4n) is 2.37. The van der Waals surface area contributed by atoms with Gasteiger partial charge < -0.3 is 10.2 Å². The minimum Gasteiger partial charge on any atom is -0.312 e. The average Bonchev–Trinajstić information content (AvgIpc) is 2.25. The maximum atomic E-state index is 3.64. The van der Waals surface area contributed by atoms with Gasteiger partial charge >= 0.3 is 0 Å². The number of likely N-dealkylation sites (tertiary alicyclic amines) is 1. The summed E-state index contributed by atoms with van der Waals surface area (Å²) in [5, 5.41) is 3.64. The third kappa shape index (κ3) is 4.84. The van der Waals surface area contributed by atoms with Gasteiger partial charge in [0, 0.05) is 18.1 Å². The van der Waals surface area contributed by atoms with E-state index < -0.39 is 0 Å². The molecule has 2 heteroatoms. The summed E-state index contributed by atoms with van der Waals surface area (Å²) in [7, 11) is 0. The molecular formula is C14H30N2. The van der Waals surface area contributed by atoms with Gasteiger partial charge in [0.1, 0.15) is 0 Å². The predicted molar refractivity (Wildman–Crippen MR) is 71.8 cm³/mol. The van der Waals surface area contributed by atoms with E-state index in [9.17, 15) is 0 Å². The lowest BCUT2D eigenvalue weighted by Crippen LogP contribution is -2.46. The van der Waals surface area contributed by atoms with Crippen LogP contribution in [0.5, 0.6) is 0 Å². The van der Waals surface area contributed by atoms with Crippen LogP contribution < -0.4 is 5.32 Å². The van der Waals surface area contributed by atoms with E-state index in [0.29, 0.717) is 0 Å².